The third-order valence-corrected chi connectivity index (χ3v) is 1.83. The Labute approximate surface area is 91.9 Å². The van der Waals surface area contributed by atoms with E-state index in [4.69, 9.17) is 10.2 Å². The Bertz CT molecular complexity index is 360. The number of para-hydroxylation sites is 1. The summed E-state index contributed by atoms with van der Waals surface area (Å²) in [7, 11) is 0. The first kappa shape index (κ1) is 12.4. The summed E-state index contributed by atoms with van der Waals surface area (Å²) in [6.45, 7) is -0.545. The molecule has 0 radical (unpaired) electrons. The van der Waals surface area contributed by atoms with Gasteiger partial charge in [-0.2, -0.15) is 0 Å². The van der Waals surface area contributed by atoms with Gasteiger partial charge in [-0.25, -0.2) is 9.18 Å². The van der Waals surface area contributed by atoms with Gasteiger partial charge in [-0.05, 0) is 12.1 Å². The Kier molecular flexibility index (Phi) is 4.68. The van der Waals surface area contributed by atoms with Gasteiger partial charge in [0.1, 0.15) is 5.82 Å². The van der Waals surface area contributed by atoms with Crippen LogP contribution >= 0.6 is 0 Å². The maximum Gasteiger partial charge on any atom is 0.319 e. The van der Waals surface area contributed by atoms with Gasteiger partial charge in [-0.15, -0.1) is 0 Å². The fraction of sp³-hybridized carbons (Fsp3) is 0.300. The summed E-state index contributed by atoms with van der Waals surface area (Å²) in [5, 5.41) is 22.0. The van der Waals surface area contributed by atoms with Gasteiger partial charge in [-0.3, -0.25) is 0 Å². The van der Waals surface area contributed by atoms with Gasteiger partial charge in [0.15, 0.2) is 0 Å². The van der Waals surface area contributed by atoms with Crippen LogP contribution < -0.4 is 10.6 Å². The number of amides is 2. The highest BCUT2D eigenvalue weighted by atomic mass is 19.1. The fourth-order valence-electron chi connectivity index (χ4n) is 1.00. The second-order valence-electron chi connectivity index (χ2n) is 3.15. The predicted octanol–water partition coefficient (Wildman–Crippen LogP) is 0.300. The highest BCUT2D eigenvalue weighted by Gasteiger charge is 2.07. The summed E-state index contributed by atoms with van der Waals surface area (Å²) in [6.07, 6.45) is -1.02. The van der Waals surface area contributed by atoms with E-state index in [0.717, 1.165) is 0 Å². The Morgan fingerprint density at radius 3 is 2.75 bits per heavy atom. The Morgan fingerprint density at radius 2 is 2.12 bits per heavy atom. The first-order chi connectivity index (χ1) is 7.63. The molecule has 0 fully saturated rings. The molecule has 1 atom stereocenters. The number of rotatable bonds is 4. The number of hydrogen-bond acceptors (Lipinski definition) is 3. The van der Waals surface area contributed by atoms with Crippen LogP contribution in [0.2, 0.25) is 0 Å². The fourth-order valence-corrected chi connectivity index (χ4v) is 1.00. The number of hydrogen-bond donors (Lipinski definition) is 4. The van der Waals surface area contributed by atoms with Crippen molar-refractivity contribution < 1.29 is 19.4 Å². The number of urea groups is 1. The lowest BCUT2D eigenvalue weighted by atomic mass is 10.3. The largest absolute Gasteiger partial charge is 0.394 e. The molecule has 0 aromatic heterocycles. The van der Waals surface area contributed by atoms with Crippen molar-refractivity contribution in [3.63, 3.8) is 0 Å². The summed E-state index contributed by atoms with van der Waals surface area (Å²) < 4.78 is 13.1. The first-order valence-electron chi connectivity index (χ1n) is 4.71. The molecule has 0 aliphatic heterocycles. The normalized spacial score (nSPS) is 11.9. The zero-order chi connectivity index (χ0) is 12.0. The van der Waals surface area contributed by atoms with Gasteiger partial charge in [0.2, 0.25) is 0 Å². The van der Waals surface area contributed by atoms with Crippen molar-refractivity contribution in [3.8, 4) is 0 Å². The van der Waals surface area contributed by atoms with E-state index in [2.05, 4.69) is 10.6 Å². The lowest BCUT2D eigenvalue weighted by Gasteiger charge is -2.10. The van der Waals surface area contributed by atoms with Gasteiger partial charge in [0.05, 0.1) is 18.4 Å². The summed E-state index contributed by atoms with van der Waals surface area (Å²) in [6, 6.07) is 5.09. The molecule has 0 unspecified atom stereocenters. The molecular formula is C10H13FN2O3. The molecule has 0 bridgehead atoms. The minimum absolute atomic E-state index is 0.0542. The standard InChI is InChI=1S/C10H13FN2O3/c11-8-3-1-2-4-9(8)13-10(16)12-5-7(15)6-14/h1-4,7,14-15H,5-6H2,(H2,12,13,16)/t7-/m1/s1. The minimum atomic E-state index is -1.02. The molecule has 0 heterocycles. The highest BCUT2D eigenvalue weighted by Crippen LogP contribution is 2.11. The van der Waals surface area contributed by atoms with E-state index in [-0.39, 0.29) is 12.2 Å². The number of anilines is 1. The summed E-state index contributed by atoms with van der Waals surface area (Å²) in [5.41, 5.74) is 0.0542. The van der Waals surface area contributed by atoms with Gasteiger partial charge in [0, 0.05) is 6.54 Å². The van der Waals surface area contributed by atoms with Crippen molar-refractivity contribution in [2.24, 2.45) is 0 Å². The summed E-state index contributed by atoms with van der Waals surface area (Å²) in [4.78, 5) is 11.2. The van der Waals surface area contributed by atoms with Crippen molar-refractivity contribution in [1.29, 1.82) is 0 Å². The molecule has 0 aliphatic carbocycles. The van der Waals surface area contributed by atoms with E-state index in [1.54, 1.807) is 6.07 Å². The molecule has 1 rings (SSSR count). The highest BCUT2D eigenvalue weighted by molar-refractivity contribution is 5.89. The Balaban J connectivity index is 2.43. The van der Waals surface area contributed by atoms with Gasteiger partial charge < -0.3 is 20.8 Å². The number of benzene rings is 1. The van der Waals surface area contributed by atoms with Crippen LogP contribution in [-0.2, 0) is 0 Å². The van der Waals surface area contributed by atoms with Crippen LogP contribution in [-0.4, -0.2) is 35.5 Å². The SMILES string of the molecule is O=C(NC[C@@H](O)CO)Nc1ccccc1F. The number of nitrogens with one attached hydrogen (secondary N) is 2. The van der Waals surface area contributed by atoms with Crippen molar-refractivity contribution in [2.75, 3.05) is 18.5 Å². The average Bonchev–Trinajstić information content (AvgIpc) is 2.29. The van der Waals surface area contributed by atoms with Crippen LogP contribution in [0.1, 0.15) is 0 Å². The second kappa shape index (κ2) is 6.04. The predicted molar refractivity (Wildman–Crippen MR) is 56.5 cm³/mol. The van der Waals surface area contributed by atoms with Crippen LogP contribution in [0.4, 0.5) is 14.9 Å². The van der Waals surface area contributed by atoms with E-state index in [0.29, 0.717) is 0 Å². The van der Waals surface area contributed by atoms with E-state index < -0.39 is 24.6 Å². The van der Waals surface area contributed by atoms with Crippen molar-refractivity contribution >= 4 is 11.7 Å². The van der Waals surface area contributed by atoms with Gasteiger partial charge >= 0.3 is 6.03 Å². The smallest absolute Gasteiger partial charge is 0.319 e. The average molecular weight is 228 g/mol. The molecule has 16 heavy (non-hydrogen) atoms. The minimum Gasteiger partial charge on any atom is -0.394 e. The third-order valence-electron chi connectivity index (χ3n) is 1.83. The molecule has 1 aromatic carbocycles. The Hall–Kier alpha value is -1.66. The van der Waals surface area contributed by atoms with Crippen molar-refractivity contribution in [2.45, 2.75) is 6.10 Å². The quantitative estimate of drug-likeness (QED) is 0.598. The first-order valence-corrected chi connectivity index (χ1v) is 4.71. The Morgan fingerprint density at radius 1 is 1.44 bits per heavy atom. The molecule has 0 saturated carbocycles. The molecule has 0 aliphatic rings. The molecule has 0 saturated heterocycles. The number of aliphatic hydroxyl groups excluding tert-OH is 2. The van der Waals surface area contributed by atoms with Gasteiger partial charge in [0.25, 0.3) is 0 Å². The van der Waals surface area contributed by atoms with E-state index >= 15 is 0 Å². The van der Waals surface area contributed by atoms with Crippen LogP contribution in [0.15, 0.2) is 24.3 Å². The van der Waals surface area contributed by atoms with Crippen LogP contribution in [0.3, 0.4) is 0 Å². The molecule has 6 heteroatoms. The third kappa shape index (κ3) is 3.84. The lowest BCUT2D eigenvalue weighted by Crippen LogP contribution is -2.36. The summed E-state index contributed by atoms with van der Waals surface area (Å²) in [5.74, 6) is -0.541. The number of carbonyl (C=O) groups excluding carboxylic acids is 1. The van der Waals surface area contributed by atoms with E-state index in [1.807, 2.05) is 0 Å². The maximum atomic E-state index is 13.1. The summed E-state index contributed by atoms with van der Waals surface area (Å²) >= 11 is 0. The number of aliphatic hydroxyl groups is 2. The topological polar surface area (TPSA) is 81.6 Å². The maximum absolute atomic E-state index is 13.1. The number of carbonyl (C=O) groups is 1. The van der Waals surface area contributed by atoms with Crippen LogP contribution in [0, 0.1) is 5.82 Å². The zero-order valence-electron chi connectivity index (χ0n) is 8.48. The van der Waals surface area contributed by atoms with Crippen LogP contribution in [0.5, 0.6) is 0 Å². The molecular weight excluding hydrogens is 215 g/mol. The molecule has 2 amide bonds. The van der Waals surface area contributed by atoms with Crippen LogP contribution in [0.25, 0.3) is 0 Å². The molecule has 4 N–H and O–H groups in total. The number of halogens is 1. The monoisotopic (exact) mass is 228 g/mol. The van der Waals surface area contributed by atoms with E-state index in [9.17, 15) is 9.18 Å². The van der Waals surface area contributed by atoms with Crippen molar-refractivity contribution in [1.82, 2.24) is 5.32 Å². The molecule has 1 aromatic rings. The molecule has 5 nitrogen and oxygen atoms in total. The van der Waals surface area contributed by atoms with Gasteiger partial charge in [-0.1, -0.05) is 12.1 Å². The van der Waals surface area contributed by atoms with Crippen molar-refractivity contribution in [3.05, 3.63) is 30.1 Å². The molecule has 0 spiro atoms. The second-order valence-corrected chi connectivity index (χ2v) is 3.15. The lowest BCUT2D eigenvalue weighted by molar-refractivity contribution is 0.0965. The van der Waals surface area contributed by atoms with E-state index in [1.165, 1.54) is 18.2 Å². The zero-order valence-corrected chi connectivity index (χ0v) is 8.48. The molecule has 88 valence electrons.